The number of hydrogen-bond donors (Lipinski definition) is 0. The molecule has 0 aromatic heterocycles. The Labute approximate surface area is 221 Å². The Morgan fingerprint density at radius 1 is 0.629 bits per heavy atom. The van der Waals surface area contributed by atoms with E-state index in [2.05, 4.69) is 52.0 Å². The molecule has 4 atom stereocenters. The number of carboxylic acids is 2. The van der Waals surface area contributed by atoms with E-state index in [0.29, 0.717) is 23.7 Å². The van der Waals surface area contributed by atoms with Crippen LogP contribution >= 0.6 is 0 Å². The van der Waals surface area contributed by atoms with Crippen LogP contribution in [0.2, 0.25) is 0 Å². The Morgan fingerprint density at radius 2 is 0.943 bits per heavy atom. The van der Waals surface area contributed by atoms with Crippen LogP contribution in [-0.4, -0.2) is 29.3 Å². The summed E-state index contributed by atoms with van der Waals surface area (Å²) < 4.78 is 0. The number of aliphatic carboxylic acids is 2. The maximum absolute atomic E-state index is 10.9. The van der Waals surface area contributed by atoms with Gasteiger partial charge in [0.15, 0.2) is 0 Å². The Morgan fingerprint density at radius 3 is 1.23 bits per heavy atom. The summed E-state index contributed by atoms with van der Waals surface area (Å²) in [4.78, 5) is 21.7. The zero-order valence-electron chi connectivity index (χ0n) is 22.0. The summed E-state index contributed by atoms with van der Waals surface area (Å²) in [5.74, 6) is -0.241. The van der Waals surface area contributed by atoms with Gasteiger partial charge in [0.05, 0.1) is 0 Å². The molecular weight excluding hydrogens is 451 g/mol. The second kappa shape index (κ2) is 12.2. The van der Waals surface area contributed by atoms with Gasteiger partial charge in [-0.2, -0.15) is 0 Å². The fourth-order valence-electron chi connectivity index (χ4n) is 5.10. The van der Waals surface area contributed by atoms with E-state index in [-0.39, 0.29) is 17.4 Å². The molecule has 0 aliphatic heterocycles. The molecule has 0 spiro atoms. The van der Waals surface area contributed by atoms with Gasteiger partial charge < -0.3 is 19.8 Å². The number of carbonyl (C=O) groups is 2. The standard InChI is InChI=1S/2C15H20O2.Al/c2*1-9(2)13-7-12-5-4-11(6-14(12)8-13)10(3)15(16)17;/h2*4-6,9-10,13H,7-8H2,1-3H3,(H,16,17);/q;;+2/p-2. The van der Waals surface area contributed by atoms with Crippen molar-refractivity contribution in [2.24, 2.45) is 23.7 Å². The van der Waals surface area contributed by atoms with Crippen LogP contribution in [0.25, 0.3) is 0 Å². The first kappa shape index (κ1) is 29.1. The largest absolute Gasteiger partial charge is 2.00 e. The summed E-state index contributed by atoms with van der Waals surface area (Å²) in [7, 11) is 0. The molecule has 185 valence electrons. The summed E-state index contributed by atoms with van der Waals surface area (Å²) in [5, 5.41) is 21.7. The molecule has 35 heavy (non-hydrogen) atoms. The number of carbonyl (C=O) groups excluding carboxylic acids is 2. The third-order valence-electron chi connectivity index (χ3n) is 7.98. The van der Waals surface area contributed by atoms with E-state index in [4.69, 9.17) is 0 Å². The molecule has 0 bridgehead atoms. The molecule has 0 saturated heterocycles. The maximum Gasteiger partial charge on any atom is 2.00 e. The molecule has 5 heteroatoms. The van der Waals surface area contributed by atoms with Crippen LogP contribution in [0.5, 0.6) is 0 Å². The second-order valence-electron chi connectivity index (χ2n) is 11.0. The van der Waals surface area contributed by atoms with Crippen molar-refractivity contribution < 1.29 is 19.8 Å². The van der Waals surface area contributed by atoms with E-state index in [1.165, 1.54) is 22.3 Å². The van der Waals surface area contributed by atoms with E-state index in [1.807, 2.05) is 12.1 Å². The first-order chi connectivity index (χ1) is 16.0. The van der Waals surface area contributed by atoms with Crippen LogP contribution in [0.1, 0.15) is 86.8 Å². The van der Waals surface area contributed by atoms with E-state index in [1.54, 1.807) is 13.8 Å². The van der Waals surface area contributed by atoms with E-state index < -0.39 is 23.8 Å². The van der Waals surface area contributed by atoms with Gasteiger partial charge in [-0.05, 0) is 82.7 Å². The topological polar surface area (TPSA) is 80.3 Å². The Balaban J connectivity index is 0.000000240. The molecule has 4 nitrogen and oxygen atoms in total. The van der Waals surface area contributed by atoms with Crippen molar-refractivity contribution in [2.75, 3.05) is 0 Å². The van der Waals surface area contributed by atoms with Crippen molar-refractivity contribution in [3.8, 4) is 0 Å². The molecule has 0 N–H and O–H groups in total. The monoisotopic (exact) mass is 489 g/mol. The van der Waals surface area contributed by atoms with Crippen LogP contribution in [0.3, 0.4) is 0 Å². The molecule has 1 radical (unpaired) electrons. The van der Waals surface area contributed by atoms with Gasteiger partial charge in [-0.1, -0.05) is 77.9 Å². The molecule has 2 aliphatic carbocycles. The molecule has 2 aliphatic rings. The summed E-state index contributed by atoms with van der Waals surface area (Å²) >= 11 is 0. The minimum absolute atomic E-state index is 0. The summed E-state index contributed by atoms with van der Waals surface area (Å²) in [5.41, 5.74) is 7.17. The van der Waals surface area contributed by atoms with Crippen molar-refractivity contribution in [1.82, 2.24) is 0 Å². The van der Waals surface area contributed by atoms with Gasteiger partial charge in [0.25, 0.3) is 0 Å². The van der Waals surface area contributed by atoms with E-state index >= 15 is 0 Å². The normalized spacial score (nSPS) is 19.8. The van der Waals surface area contributed by atoms with Crippen molar-refractivity contribution in [2.45, 2.75) is 79.1 Å². The van der Waals surface area contributed by atoms with Crippen molar-refractivity contribution in [1.29, 1.82) is 0 Å². The predicted octanol–water partition coefficient (Wildman–Crippen LogP) is 3.44. The maximum atomic E-state index is 10.9. The first-order valence-corrected chi connectivity index (χ1v) is 12.6. The van der Waals surface area contributed by atoms with Gasteiger partial charge in [0, 0.05) is 23.8 Å². The SMILES string of the molecule is CC(C(=O)[O-])c1ccc2c(c1)CC(C(C)C)C2.CC(C(=O)[O-])c1ccc2c(c1)CC(C(C)C)C2.[Al+2]. The number of benzene rings is 2. The molecule has 0 heterocycles. The molecule has 2 aromatic rings. The second-order valence-corrected chi connectivity index (χ2v) is 11.0. The molecule has 4 rings (SSSR count). The fourth-order valence-corrected chi connectivity index (χ4v) is 5.10. The molecule has 2 aromatic carbocycles. The average Bonchev–Trinajstić information content (AvgIpc) is 3.41. The Bertz CT molecular complexity index is 959. The van der Waals surface area contributed by atoms with Crippen molar-refractivity contribution in [3.05, 3.63) is 69.8 Å². The number of rotatable bonds is 6. The fraction of sp³-hybridized carbons (Fsp3) is 0.533. The molecule has 0 fully saturated rings. The van der Waals surface area contributed by atoms with Crippen molar-refractivity contribution >= 4 is 29.3 Å². The third-order valence-corrected chi connectivity index (χ3v) is 7.98. The van der Waals surface area contributed by atoms with Gasteiger partial charge in [0.2, 0.25) is 0 Å². The third kappa shape index (κ3) is 6.99. The quantitative estimate of drug-likeness (QED) is 0.583. The van der Waals surface area contributed by atoms with Crippen molar-refractivity contribution in [3.63, 3.8) is 0 Å². The van der Waals surface area contributed by atoms with E-state index in [0.717, 1.165) is 36.8 Å². The Kier molecular flexibility index (Phi) is 10.2. The average molecular weight is 490 g/mol. The summed E-state index contributed by atoms with van der Waals surface area (Å²) in [6, 6.07) is 12.2. The van der Waals surface area contributed by atoms with Gasteiger partial charge in [-0.25, -0.2) is 0 Å². The van der Waals surface area contributed by atoms with Crippen LogP contribution < -0.4 is 10.2 Å². The van der Waals surface area contributed by atoms with Crippen LogP contribution in [0, 0.1) is 23.7 Å². The summed E-state index contributed by atoms with van der Waals surface area (Å²) in [6.07, 6.45) is 4.43. The molecule has 0 amide bonds. The van der Waals surface area contributed by atoms with Gasteiger partial charge >= 0.3 is 17.4 Å². The minimum atomic E-state index is -0.997. The van der Waals surface area contributed by atoms with Gasteiger partial charge in [-0.3, -0.25) is 0 Å². The minimum Gasteiger partial charge on any atom is -0.550 e. The predicted molar refractivity (Wildman–Crippen MR) is 137 cm³/mol. The Hall–Kier alpha value is -2.09. The van der Waals surface area contributed by atoms with Crippen LogP contribution in [0.15, 0.2) is 36.4 Å². The first-order valence-electron chi connectivity index (χ1n) is 12.6. The smallest absolute Gasteiger partial charge is 0.550 e. The van der Waals surface area contributed by atoms with E-state index in [9.17, 15) is 19.8 Å². The van der Waals surface area contributed by atoms with Crippen LogP contribution in [0.4, 0.5) is 0 Å². The molecular formula is C30H38AlO4. The number of hydrogen-bond acceptors (Lipinski definition) is 4. The number of carboxylic acid groups (broad SMARTS) is 2. The molecule has 0 saturated carbocycles. The zero-order valence-corrected chi connectivity index (χ0v) is 23.1. The summed E-state index contributed by atoms with van der Waals surface area (Å²) in [6.45, 7) is 12.4. The van der Waals surface area contributed by atoms with Gasteiger partial charge in [0.1, 0.15) is 0 Å². The van der Waals surface area contributed by atoms with Gasteiger partial charge in [-0.15, -0.1) is 0 Å². The van der Waals surface area contributed by atoms with Crippen LogP contribution in [-0.2, 0) is 35.3 Å². The molecule has 4 unspecified atom stereocenters. The number of fused-ring (bicyclic) bond motifs is 2. The zero-order chi connectivity index (χ0) is 25.2.